The van der Waals surface area contributed by atoms with Gasteiger partial charge in [-0.05, 0) is 56.3 Å². The number of hydrogen-bond donors (Lipinski definition) is 0. The Balaban J connectivity index is 1.81. The predicted octanol–water partition coefficient (Wildman–Crippen LogP) is 4.07. The van der Waals surface area contributed by atoms with Crippen molar-refractivity contribution >= 4 is 5.78 Å². The number of hydrogen-bond acceptors (Lipinski definition) is 2. The molecule has 2 nitrogen and oxygen atoms in total. The molecule has 0 N–H and O–H groups in total. The van der Waals surface area contributed by atoms with Gasteiger partial charge in [0.25, 0.3) is 0 Å². The highest BCUT2D eigenvalue weighted by Gasteiger charge is 2.21. The van der Waals surface area contributed by atoms with Gasteiger partial charge in [0, 0.05) is 18.5 Å². The molecule has 3 heteroatoms. The summed E-state index contributed by atoms with van der Waals surface area (Å²) >= 11 is 0. The Morgan fingerprint density at radius 1 is 1.33 bits per heavy atom. The fourth-order valence-electron chi connectivity index (χ4n) is 3.01. The molecule has 0 radical (unpaired) electrons. The topological polar surface area (TPSA) is 20.3 Å². The van der Waals surface area contributed by atoms with Crippen molar-refractivity contribution in [2.75, 3.05) is 19.6 Å². The summed E-state index contributed by atoms with van der Waals surface area (Å²) in [7, 11) is 0. The summed E-state index contributed by atoms with van der Waals surface area (Å²) in [6.45, 7) is 9.24. The second-order valence-corrected chi connectivity index (χ2v) is 6.56. The van der Waals surface area contributed by atoms with Gasteiger partial charge in [-0.25, -0.2) is 4.39 Å². The number of carbonyl (C=O) groups excluding carboxylic acids is 1. The molecule has 1 aliphatic heterocycles. The van der Waals surface area contributed by atoms with E-state index in [4.69, 9.17) is 0 Å². The monoisotopic (exact) mass is 291 g/mol. The molecular formula is C18H26FNO. The van der Waals surface area contributed by atoms with E-state index in [1.54, 1.807) is 19.1 Å². The third kappa shape index (κ3) is 4.37. The molecule has 1 fully saturated rings. The molecule has 21 heavy (non-hydrogen) atoms. The zero-order chi connectivity index (χ0) is 15.4. The van der Waals surface area contributed by atoms with E-state index in [-0.39, 0.29) is 11.6 Å². The Labute approximate surface area is 127 Å². The summed E-state index contributed by atoms with van der Waals surface area (Å²) in [6.07, 6.45) is 2.94. The fourth-order valence-corrected chi connectivity index (χ4v) is 3.01. The molecular weight excluding hydrogens is 265 g/mol. The SMILES string of the molecule is Cc1ccc(C(=O)CCN2CCC(C(C)C)CC2)cc1F. The van der Waals surface area contributed by atoms with Crippen LogP contribution in [0.1, 0.15) is 49.0 Å². The first-order valence-electron chi connectivity index (χ1n) is 7.99. The van der Waals surface area contributed by atoms with Gasteiger partial charge < -0.3 is 4.90 Å². The average Bonchev–Trinajstić information content (AvgIpc) is 2.48. The van der Waals surface area contributed by atoms with Crippen molar-refractivity contribution in [1.82, 2.24) is 4.90 Å². The Morgan fingerprint density at radius 2 is 2.00 bits per heavy atom. The van der Waals surface area contributed by atoms with Gasteiger partial charge in [-0.1, -0.05) is 26.0 Å². The van der Waals surface area contributed by atoms with E-state index in [0.29, 0.717) is 17.5 Å². The number of aryl methyl sites for hydroxylation is 1. The number of carbonyl (C=O) groups is 1. The molecule has 1 aromatic rings. The van der Waals surface area contributed by atoms with Crippen LogP contribution in [0.5, 0.6) is 0 Å². The number of likely N-dealkylation sites (tertiary alicyclic amines) is 1. The lowest BCUT2D eigenvalue weighted by atomic mass is 9.86. The normalized spacial score (nSPS) is 17.4. The van der Waals surface area contributed by atoms with Gasteiger partial charge in [-0.3, -0.25) is 4.79 Å². The molecule has 0 spiro atoms. The molecule has 0 amide bonds. The maximum atomic E-state index is 13.5. The van der Waals surface area contributed by atoms with Gasteiger partial charge >= 0.3 is 0 Å². The summed E-state index contributed by atoms with van der Waals surface area (Å²) in [5, 5.41) is 0. The fraction of sp³-hybridized carbons (Fsp3) is 0.611. The van der Waals surface area contributed by atoms with Crippen molar-refractivity contribution in [2.45, 2.75) is 40.0 Å². The van der Waals surface area contributed by atoms with Gasteiger partial charge in [-0.15, -0.1) is 0 Å². The molecule has 1 aliphatic rings. The van der Waals surface area contributed by atoms with Crippen molar-refractivity contribution in [3.05, 3.63) is 35.1 Å². The number of benzene rings is 1. The summed E-state index contributed by atoms with van der Waals surface area (Å²) < 4.78 is 13.5. The highest BCUT2D eigenvalue weighted by molar-refractivity contribution is 5.96. The first-order valence-corrected chi connectivity index (χ1v) is 7.99. The van der Waals surface area contributed by atoms with Crippen LogP contribution in [-0.2, 0) is 0 Å². The van der Waals surface area contributed by atoms with Crippen molar-refractivity contribution in [3.63, 3.8) is 0 Å². The minimum absolute atomic E-state index is 0.0416. The first-order chi connectivity index (χ1) is 9.97. The maximum absolute atomic E-state index is 13.5. The number of halogens is 1. The first kappa shape index (κ1) is 16.2. The van der Waals surface area contributed by atoms with Crippen LogP contribution in [0, 0.1) is 24.6 Å². The smallest absolute Gasteiger partial charge is 0.164 e. The van der Waals surface area contributed by atoms with Crippen LogP contribution in [-0.4, -0.2) is 30.3 Å². The Kier molecular flexibility index (Phi) is 5.51. The van der Waals surface area contributed by atoms with Crippen LogP contribution in [0.15, 0.2) is 18.2 Å². The van der Waals surface area contributed by atoms with Crippen LogP contribution < -0.4 is 0 Å². The van der Waals surface area contributed by atoms with Gasteiger partial charge in [0.05, 0.1) is 0 Å². The molecule has 0 bridgehead atoms. The van der Waals surface area contributed by atoms with Crippen LogP contribution >= 0.6 is 0 Å². The van der Waals surface area contributed by atoms with Crippen LogP contribution in [0.4, 0.5) is 4.39 Å². The van der Waals surface area contributed by atoms with E-state index >= 15 is 0 Å². The second kappa shape index (κ2) is 7.17. The molecule has 0 aliphatic carbocycles. The Hall–Kier alpha value is -1.22. The number of Topliss-reactive ketones (excluding diaryl/α,β-unsaturated/α-hetero) is 1. The van der Waals surface area contributed by atoms with E-state index in [2.05, 4.69) is 18.7 Å². The second-order valence-electron chi connectivity index (χ2n) is 6.56. The lowest BCUT2D eigenvalue weighted by Gasteiger charge is -2.33. The molecule has 0 unspecified atom stereocenters. The molecule has 1 aromatic carbocycles. The van der Waals surface area contributed by atoms with Crippen LogP contribution in [0.25, 0.3) is 0 Å². The van der Waals surface area contributed by atoms with E-state index < -0.39 is 0 Å². The molecule has 116 valence electrons. The largest absolute Gasteiger partial charge is 0.303 e. The maximum Gasteiger partial charge on any atom is 0.164 e. The summed E-state index contributed by atoms with van der Waals surface area (Å²) in [4.78, 5) is 14.5. The van der Waals surface area contributed by atoms with Crippen LogP contribution in [0.2, 0.25) is 0 Å². The minimum atomic E-state index is -0.293. The average molecular weight is 291 g/mol. The van der Waals surface area contributed by atoms with E-state index in [1.807, 2.05) is 0 Å². The molecule has 0 atom stereocenters. The van der Waals surface area contributed by atoms with Gasteiger partial charge in [0.15, 0.2) is 5.78 Å². The quantitative estimate of drug-likeness (QED) is 0.762. The highest BCUT2D eigenvalue weighted by Crippen LogP contribution is 2.24. The van der Waals surface area contributed by atoms with Gasteiger partial charge in [0.2, 0.25) is 0 Å². The summed E-state index contributed by atoms with van der Waals surface area (Å²) in [5.74, 6) is 1.32. The number of piperidine rings is 1. The molecule has 1 heterocycles. The van der Waals surface area contributed by atoms with Crippen LogP contribution in [0.3, 0.4) is 0 Å². The predicted molar refractivity (Wildman–Crippen MR) is 84.1 cm³/mol. The van der Waals surface area contributed by atoms with E-state index in [1.165, 1.54) is 18.9 Å². The van der Waals surface area contributed by atoms with E-state index in [0.717, 1.165) is 31.5 Å². The third-order valence-electron chi connectivity index (χ3n) is 4.72. The minimum Gasteiger partial charge on any atom is -0.303 e. The number of nitrogens with zero attached hydrogens (tertiary/aromatic N) is 1. The molecule has 0 aromatic heterocycles. The lowest BCUT2D eigenvalue weighted by Crippen LogP contribution is -2.36. The standard InChI is InChI=1S/C18H26FNO/c1-13(2)15-6-9-20(10-7-15)11-8-18(21)16-5-4-14(3)17(19)12-16/h4-5,12-13,15H,6-11H2,1-3H3. The Bertz CT molecular complexity index is 490. The lowest BCUT2D eigenvalue weighted by molar-refractivity contribution is 0.0943. The highest BCUT2D eigenvalue weighted by atomic mass is 19.1. The summed E-state index contributed by atoms with van der Waals surface area (Å²) in [6, 6.07) is 4.77. The summed E-state index contributed by atoms with van der Waals surface area (Å²) in [5.41, 5.74) is 1.08. The van der Waals surface area contributed by atoms with Crippen molar-refractivity contribution in [1.29, 1.82) is 0 Å². The van der Waals surface area contributed by atoms with E-state index in [9.17, 15) is 9.18 Å². The molecule has 1 saturated heterocycles. The zero-order valence-electron chi connectivity index (χ0n) is 13.4. The third-order valence-corrected chi connectivity index (χ3v) is 4.72. The van der Waals surface area contributed by atoms with Crippen molar-refractivity contribution in [3.8, 4) is 0 Å². The molecule has 0 saturated carbocycles. The van der Waals surface area contributed by atoms with Crippen molar-refractivity contribution < 1.29 is 9.18 Å². The number of rotatable bonds is 5. The van der Waals surface area contributed by atoms with Gasteiger partial charge in [0.1, 0.15) is 5.82 Å². The zero-order valence-corrected chi connectivity index (χ0v) is 13.4. The molecule has 2 rings (SSSR count). The van der Waals surface area contributed by atoms with Crippen molar-refractivity contribution in [2.24, 2.45) is 11.8 Å². The number of ketones is 1. The Morgan fingerprint density at radius 3 is 2.57 bits per heavy atom. The van der Waals surface area contributed by atoms with Gasteiger partial charge in [-0.2, -0.15) is 0 Å².